The molecule has 0 aliphatic carbocycles. The fourth-order valence-corrected chi connectivity index (χ4v) is 2.32. The van der Waals surface area contributed by atoms with Crippen molar-refractivity contribution in [3.63, 3.8) is 0 Å². The molecular weight excluding hydrogens is 307 g/mol. The van der Waals surface area contributed by atoms with Gasteiger partial charge in [0.05, 0.1) is 5.69 Å². The number of aromatic nitrogens is 2. The maximum absolute atomic E-state index is 13.3. The van der Waals surface area contributed by atoms with Crippen LogP contribution >= 0.6 is 0 Å². The van der Waals surface area contributed by atoms with E-state index < -0.39 is 18.1 Å². The van der Waals surface area contributed by atoms with Gasteiger partial charge in [-0.3, -0.25) is 9.48 Å². The number of nitrogens with one attached hydrogen (secondary N) is 1. The van der Waals surface area contributed by atoms with Gasteiger partial charge in [-0.05, 0) is 18.1 Å². The molecule has 0 unspecified atom stereocenters. The first-order chi connectivity index (χ1) is 10.8. The summed E-state index contributed by atoms with van der Waals surface area (Å²) in [5, 5.41) is 6.20. The Morgan fingerprint density at radius 1 is 1.30 bits per heavy atom. The van der Waals surface area contributed by atoms with Crippen LogP contribution in [0.15, 0.2) is 36.4 Å². The van der Waals surface area contributed by atoms with Crippen LogP contribution < -0.4 is 5.32 Å². The van der Waals surface area contributed by atoms with Crippen LogP contribution in [0.2, 0.25) is 0 Å². The lowest BCUT2D eigenvalue weighted by molar-refractivity contribution is -0.155. The molecule has 1 N–H and O–H groups in total. The van der Waals surface area contributed by atoms with E-state index in [2.05, 4.69) is 10.4 Å². The number of alkyl halides is 3. The van der Waals surface area contributed by atoms with Gasteiger partial charge in [-0.25, -0.2) is 0 Å². The number of hydrogen-bond acceptors (Lipinski definition) is 2. The highest BCUT2D eigenvalue weighted by molar-refractivity contribution is 5.93. The van der Waals surface area contributed by atoms with Crippen molar-refractivity contribution in [2.75, 3.05) is 0 Å². The van der Waals surface area contributed by atoms with Crippen LogP contribution in [-0.4, -0.2) is 21.9 Å². The third kappa shape index (κ3) is 4.12. The van der Waals surface area contributed by atoms with Crippen molar-refractivity contribution in [2.24, 2.45) is 7.05 Å². The summed E-state index contributed by atoms with van der Waals surface area (Å²) in [7, 11) is 1.54. The van der Waals surface area contributed by atoms with Crippen LogP contribution in [0.3, 0.4) is 0 Å². The van der Waals surface area contributed by atoms with Crippen molar-refractivity contribution < 1.29 is 18.0 Å². The van der Waals surface area contributed by atoms with Crippen molar-refractivity contribution in [3.8, 4) is 0 Å². The topological polar surface area (TPSA) is 46.9 Å². The quantitative estimate of drug-likeness (QED) is 0.916. The lowest BCUT2D eigenvalue weighted by Gasteiger charge is -2.22. The molecule has 0 spiro atoms. The number of nitrogens with zero attached hydrogens (tertiary/aromatic N) is 2. The summed E-state index contributed by atoms with van der Waals surface area (Å²) < 4.78 is 41.1. The monoisotopic (exact) mass is 325 g/mol. The first-order valence-electron chi connectivity index (χ1n) is 7.28. The van der Waals surface area contributed by atoms with Gasteiger partial charge in [0, 0.05) is 7.05 Å². The Bertz CT molecular complexity index is 665. The zero-order valence-electron chi connectivity index (χ0n) is 12.9. The molecule has 2 aromatic rings. The van der Waals surface area contributed by atoms with Crippen LogP contribution in [-0.2, 0) is 13.5 Å². The number of hydrogen-bond donors (Lipinski definition) is 1. The molecule has 0 radical (unpaired) electrons. The smallest absolute Gasteiger partial charge is 0.335 e. The van der Waals surface area contributed by atoms with E-state index in [0.29, 0.717) is 12.1 Å². The molecule has 1 heterocycles. The number of carbonyl (C=O) groups is 1. The molecular formula is C16H18F3N3O. The molecule has 23 heavy (non-hydrogen) atoms. The van der Waals surface area contributed by atoms with Crippen molar-refractivity contribution in [3.05, 3.63) is 53.3 Å². The number of benzene rings is 1. The van der Waals surface area contributed by atoms with E-state index in [4.69, 9.17) is 0 Å². The predicted octanol–water partition coefficient (Wildman–Crippen LogP) is 3.41. The molecule has 7 heteroatoms. The second-order valence-corrected chi connectivity index (χ2v) is 5.25. The second-order valence-electron chi connectivity index (χ2n) is 5.25. The third-order valence-corrected chi connectivity index (χ3v) is 3.40. The van der Waals surface area contributed by atoms with E-state index >= 15 is 0 Å². The number of rotatable bonds is 5. The van der Waals surface area contributed by atoms with Crippen LogP contribution in [0, 0.1) is 0 Å². The number of aryl methyl sites for hydroxylation is 2. The normalized spacial score (nSPS) is 12.9. The maximum atomic E-state index is 13.3. The maximum Gasteiger partial charge on any atom is 0.412 e. The van der Waals surface area contributed by atoms with Gasteiger partial charge < -0.3 is 5.32 Å². The minimum atomic E-state index is -4.58. The summed E-state index contributed by atoms with van der Waals surface area (Å²) in [6, 6.07) is 6.77. The number of halogens is 3. The fraction of sp³-hybridized carbons (Fsp3) is 0.375. The van der Waals surface area contributed by atoms with E-state index in [1.54, 1.807) is 13.1 Å². The Morgan fingerprint density at radius 2 is 1.96 bits per heavy atom. The van der Waals surface area contributed by atoms with Crippen LogP contribution in [0.4, 0.5) is 13.2 Å². The van der Waals surface area contributed by atoms with Gasteiger partial charge in [-0.15, -0.1) is 0 Å². The third-order valence-electron chi connectivity index (χ3n) is 3.40. The Balaban J connectivity index is 2.25. The molecule has 0 fully saturated rings. The van der Waals surface area contributed by atoms with Crippen molar-refractivity contribution in [1.29, 1.82) is 0 Å². The van der Waals surface area contributed by atoms with E-state index in [1.165, 1.54) is 35.0 Å². The molecule has 1 amide bonds. The molecule has 0 bridgehead atoms. The highest BCUT2D eigenvalue weighted by Gasteiger charge is 2.42. The Hall–Kier alpha value is -2.31. The van der Waals surface area contributed by atoms with Gasteiger partial charge in [0.2, 0.25) is 0 Å². The molecule has 1 aromatic heterocycles. The minimum Gasteiger partial charge on any atom is -0.335 e. The molecule has 0 aliphatic rings. The lowest BCUT2D eigenvalue weighted by Crippen LogP contribution is -2.38. The standard InChI is InChI=1S/C16H18F3N3O/c1-3-7-12-10-13(22(2)21-12)15(23)20-14(16(17,18)19)11-8-5-4-6-9-11/h4-6,8-10,14H,3,7H2,1-2H3,(H,20,23)/t14-/m1/s1. The molecule has 1 aromatic carbocycles. The average Bonchev–Trinajstić information content (AvgIpc) is 2.85. The summed E-state index contributed by atoms with van der Waals surface area (Å²) in [6.45, 7) is 1.96. The zero-order valence-corrected chi connectivity index (χ0v) is 12.9. The van der Waals surface area contributed by atoms with Gasteiger partial charge in [0.25, 0.3) is 5.91 Å². The summed E-state index contributed by atoms with van der Waals surface area (Å²) in [5.74, 6) is -0.798. The van der Waals surface area contributed by atoms with Gasteiger partial charge >= 0.3 is 6.18 Å². The summed E-state index contributed by atoms with van der Waals surface area (Å²) >= 11 is 0. The van der Waals surface area contributed by atoms with Crippen LogP contribution in [0.1, 0.15) is 41.1 Å². The van der Waals surface area contributed by atoms with Gasteiger partial charge in [0.1, 0.15) is 5.69 Å². The molecule has 0 saturated heterocycles. The van der Waals surface area contributed by atoms with Crippen LogP contribution in [0.25, 0.3) is 0 Å². The van der Waals surface area contributed by atoms with E-state index in [9.17, 15) is 18.0 Å². The lowest BCUT2D eigenvalue weighted by atomic mass is 10.1. The highest BCUT2D eigenvalue weighted by atomic mass is 19.4. The zero-order chi connectivity index (χ0) is 17.0. The summed E-state index contributed by atoms with van der Waals surface area (Å²) in [4.78, 5) is 12.2. The number of carbonyl (C=O) groups excluding carboxylic acids is 1. The van der Waals surface area contributed by atoms with Crippen molar-refractivity contribution in [1.82, 2.24) is 15.1 Å². The van der Waals surface area contributed by atoms with Gasteiger partial charge in [-0.2, -0.15) is 18.3 Å². The fourth-order valence-electron chi connectivity index (χ4n) is 2.32. The first kappa shape index (κ1) is 17.1. The predicted molar refractivity (Wildman–Crippen MR) is 79.9 cm³/mol. The molecule has 124 valence electrons. The van der Waals surface area contributed by atoms with E-state index in [-0.39, 0.29) is 11.3 Å². The Kier molecular flexibility index (Phi) is 5.08. The number of amides is 1. The Labute approximate surface area is 132 Å². The molecule has 0 aliphatic heterocycles. The van der Waals surface area contributed by atoms with Crippen molar-refractivity contribution in [2.45, 2.75) is 32.0 Å². The largest absolute Gasteiger partial charge is 0.412 e. The Morgan fingerprint density at radius 3 is 2.52 bits per heavy atom. The average molecular weight is 325 g/mol. The highest BCUT2D eigenvalue weighted by Crippen LogP contribution is 2.32. The SMILES string of the molecule is CCCc1cc(C(=O)N[C@H](c2ccccc2)C(F)(F)F)n(C)n1. The minimum absolute atomic E-state index is 0.00991. The molecule has 0 saturated carbocycles. The van der Waals surface area contributed by atoms with Crippen LogP contribution in [0.5, 0.6) is 0 Å². The van der Waals surface area contributed by atoms with Gasteiger partial charge in [-0.1, -0.05) is 43.7 Å². The van der Waals surface area contributed by atoms with Crippen molar-refractivity contribution >= 4 is 5.91 Å². The van der Waals surface area contributed by atoms with Gasteiger partial charge in [0.15, 0.2) is 6.04 Å². The molecule has 4 nitrogen and oxygen atoms in total. The second kappa shape index (κ2) is 6.85. The molecule has 1 atom stereocenters. The van der Waals surface area contributed by atoms with E-state index in [1.807, 2.05) is 6.92 Å². The van der Waals surface area contributed by atoms with E-state index in [0.717, 1.165) is 6.42 Å². The summed E-state index contributed by atoms with van der Waals surface area (Å²) in [5.41, 5.74) is 0.784. The molecule has 2 rings (SSSR count). The summed E-state index contributed by atoms with van der Waals surface area (Å²) in [6.07, 6.45) is -3.07. The first-order valence-corrected chi connectivity index (χ1v) is 7.28.